The van der Waals surface area contributed by atoms with Gasteiger partial charge in [0.25, 0.3) is 0 Å². The van der Waals surface area contributed by atoms with Crippen LogP contribution in [0.3, 0.4) is 0 Å². The zero-order valence-corrected chi connectivity index (χ0v) is 10.4. The van der Waals surface area contributed by atoms with Crippen LogP contribution in [0.5, 0.6) is 0 Å². The molecule has 0 saturated carbocycles. The second-order valence-electron chi connectivity index (χ2n) is 5.33. The maximum absolute atomic E-state index is 11.6. The van der Waals surface area contributed by atoms with E-state index in [9.17, 15) is 4.79 Å². The number of carbonyl (C=O) groups excluding carboxylic acids is 1. The third kappa shape index (κ3) is 3.41. The Morgan fingerprint density at radius 2 is 2.18 bits per heavy atom. The lowest BCUT2D eigenvalue weighted by molar-refractivity contribution is -0.117. The summed E-state index contributed by atoms with van der Waals surface area (Å²) in [4.78, 5) is 15.8. The van der Waals surface area contributed by atoms with Crippen LogP contribution >= 0.6 is 0 Å². The van der Waals surface area contributed by atoms with Crippen LogP contribution in [-0.2, 0) is 11.3 Å². The third-order valence-electron chi connectivity index (χ3n) is 2.88. The minimum Gasteiger partial charge on any atom is -0.383 e. The molecule has 90 valence electrons. The highest BCUT2D eigenvalue weighted by atomic mass is 16.1. The number of carbonyl (C=O) groups is 1. The quantitative estimate of drug-likeness (QED) is 0.867. The van der Waals surface area contributed by atoms with Crippen LogP contribution in [0.1, 0.15) is 32.4 Å². The summed E-state index contributed by atoms with van der Waals surface area (Å²) in [5, 5.41) is 3.30. The Hall–Kier alpha value is -1.64. The van der Waals surface area contributed by atoms with Gasteiger partial charge in [0.15, 0.2) is 5.78 Å². The van der Waals surface area contributed by atoms with Crippen LogP contribution in [0.15, 0.2) is 36.2 Å². The van der Waals surface area contributed by atoms with Crippen molar-refractivity contribution in [2.24, 2.45) is 5.41 Å². The summed E-state index contributed by atoms with van der Waals surface area (Å²) in [6.07, 6.45) is 5.07. The van der Waals surface area contributed by atoms with Crippen LogP contribution in [0.25, 0.3) is 0 Å². The van der Waals surface area contributed by atoms with Crippen LogP contribution in [-0.4, -0.2) is 10.8 Å². The first-order valence-electron chi connectivity index (χ1n) is 5.92. The molecule has 1 aromatic rings. The smallest absolute Gasteiger partial charge is 0.157 e. The first-order chi connectivity index (χ1) is 8.05. The van der Waals surface area contributed by atoms with E-state index in [-0.39, 0.29) is 11.2 Å². The minimum absolute atomic E-state index is 0.0677. The summed E-state index contributed by atoms with van der Waals surface area (Å²) in [5.41, 5.74) is 2.08. The molecule has 1 N–H and O–H groups in total. The van der Waals surface area contributed by atoms with Gasteiger partial charge in [0, 0.05) is 24.4 Å². The Kier molecular flexibility index (Phi) is 3.27. The van der Waals surface area contributed by atoms with E-state index in [0.717, 1.165) is 17.8 Å². The van der Waals surface area contributed by atoms with E-state index in [1.54, 1.807) is 12.3 Å². The Labute approximate surface area is 102 Å². The first-order valence-corrected chi connectivity index (χ1v) is 5.92. The van der Waals surface area contributed by atoms with Crippen molar-refractivity contribution in [2.45, 2.75) is 33.2 Å². The van der Waals surface area contributed by atoms with Gasteiger partial charge in [-0.2, -0.15) is 0 Å². The molecule has 3 nitrogen and oxygen atoms in total. The number of rotatable bonds is 3. The molecule has 3 heteroatoms. The van der Waals surface area contributed by atoms with Gasteiger partial charge >= 0.3 is 0 Å². The predicted octanol–water partition coefficient (Wildman–Crippen LogP) is 2.44. The van der Waals surface area contributed by atoms with E-state index < -0.39 is 0 Å². The Bertz CT molecular complexity index is 435. The number of nitrogens with zero attached hydrogens (tertiary/aromatic N) is 1. The first kappa shape index (κ1) is 11.8. The number of pyridine rings is 1. The number of aromatic nitrogens is 1. The largest absolute Gasteiger partial charge is 0.383 e. The van der Waals surface area contributed by atoms with Crippen molar-refractivity contribution in [1.82, 2.24) is 10.3 Å². The average molecular weight is 230 g/mol. The number of allylic oxidation sites excluding steroid dienone is 2. The standard InChI is InChI=1S/C14H18N2O/c1-14(2)8-12(7-13(17)9-14)16-10-11-5-3-4-6-15-11/h3-7,16H,8-10H2,1-2H3. The van der Waals surface area contributed by atoms with E-state index in [0.29, 0.717) is 13.0 Å². The Balaban J connectivity index is 1.98. The van der Waals surface area contributed by atoms with Gasteiger partial charge in [-0.15, -0.1) is 0 Å². The van der Waals surface area contributed by atoms with Crippen molar-refractivity contribution in [3.8, 4) is 0 Å². The molecule has 0 aromatic carbocycles. The monoisotopic (exact) mass is 230 g/mol. The summed E-state index contributed by atoms with van der Waals surface area (Å²) in [6, 6.07) is 5.84. The lowest BCUT2D eigenvalue weighted by Gasteiger charge is -2.29. The van der Waals surface area contributed by atoms with Crippen LogP contribution < -0.4 is 5.32 Å². The van der Waals surface area contributed by atoms with Crippen LogP contribution in [0.2, 0.25) is 0 Å². The molecular weight excluding hydrogens is 212 g/mol. The van der Waals surface area contributed by atoms with E-state index in [1.807, 2.05) is 18.2 Å². The van der Waals surface area contributed by atoms with E-state index in [4.69, 9.17) is 0 Å². The third-order valence-corrected chi connectivity index (χ3v) is 2.88. The molecule has 0 spiro atoms. The van der Waals surface area contributed by atoms with E-state index in [1.165, 1.54) is 0 Å². The molecule has 1 aliphatic rings. The fourth-order valence-corrected chi connectivity index (χ4v) is 2.17. The molecule has 1 aromatic heterocycles. The molecule has 0 atom stereocenters. The highest BCUT2D eigenvalue weighted by Gasteiger charge is 2.27. The minimum atomic E-state index is 0.0677. The van der Waals surface area contributed by atoms with Gasteiger partial charge in [0.1, 0.15) is 0 Å². The maximum atomic E-state index is 11.6. The normalized spacial score (nSPS) is 18.7. The highest BCUT2D eigenvalue weighted by molar-refractivity contribution is 5.91. The Morgan fingerprint density at radius 3 is 2.82 bits per heavy atom. The van der Waals surface area contributed by atoms with Crippen molar-refractivity contribution in [2.75, 3.05) is 0 Å². The van der Waals surface area contributed by atoms with Crippen molar-refractivity contribution in [3.05, 3.63) is 41.9 Å². The van der Waals surface area contributed by atoms with E-state index >= 15 is 0 Å². The number of hydrogen-bond donors (Lipinski definition) is 1. The van der Waals surface area contributed by atoms with Gasteiger partial charge in [-0.3, -0.25) is 9.78 Å². The molecule has 1 aliphatic carbocycles. The molecule has 0 radical (unpaired) electrons. The van der Waals surface area contributed by atoms with Crippen LogP contribution in [0, 0.1) is 5.41 Å². The Morgan fingerprint density at radius 1 is 1.35 bits per heavy atom. The molecule has 17 heavy (non-hydrogen) atoms. The molecule has 1 heterocycles. The number of nitrogens with one attached hydrogen (secondary N) is 1. The summed E-state index contributed by atoms with van der Waals surface area (Å²) >= 11 is 0. The fraction of sp³-hybridized carbons (Fsp3) is 0.429. The summed E-state index contributed by atoms with van der Waals surface area (Å²) in [7, 11) is 0. The second kappa shape index (κ2) is 4.70. The van der Waals surface area contributed by atoms with Crippen molar-refractivity contribution >= 4 is 5.78 Å². The molecule has 0 bridgehead atoms. The molecule has 0 saturated heterocycles. The van der Waals surface area contributed by atoms with Gasteiger partial charge in [-0.1, -0.05) is 19.9 Å². The molecule has 2 rings (SSSR count). The SMILES string of the molecule is CC1(C)CC(=O)C=C(NCc2ccccn2)C1. The predicted molar refractivity (Wildman–Crippen MR) is 67.2 cm³/mol. The fourth-order valence-electron chi connectivity index (χ4n) is 2.17. The summed E-state index contributed by atoms with van der Waals surface area (Å²) in [5.74, 6) is 0.213. The van der Waals surface area contributed by atoms with Crippen molar-refractivity contribution in [3.63, 3.8) is 0 Å². The topological polar surface area (TPSA) is 42.0 Å². The molecular formula is C14H18N2O. The van der Waals surface area contributed by atoms with Gasteiger partial charge in [-0.25, -0.2) is 0 Å². The zero-order chi connectivity index (χ0) is 12.3. The van der Waals surface area contributed by atoms with Gasteiger partial charge in [-0.05, 0) is 24.0 Å². The van der Waals surface area contributed by atoms with Crippen molar-refractivity contribution in [1.29, 1.82) is 0 Å². The lowest BCUT2D eigenvalue weighted by atomic mass is 9.79. The maximum Gasteiger partial charge on any atom is 0.157 e. The molecule has 0 unspecified atom stereocenters. The zero-order valence-electron chi connectivity index (χ0n) is 10.4. The highest BCUT2D eigenvalue weighted by Crippen LogP contribution is 2.32. The molecule has 0 amide bonds. The summed E-state index contributed by atoms with van der Waals surface area (Å²) < 4.78 is 0. The van der Waals surface area contributed by atoms with Crippen molar-refractivity contribution < 1.29 is 4.79 Å². The number of ketones is 1. The van der Waals surface area contributed by atoms with Gasteiger partial charge in [0.2, 0.25) is 0 Å². The van der Waals surface area contributed by atoms with Crippen LogP contribution in [0.4, 0.5) is 0 Å². The van der Waals surface area contributed by atoms with Gasteiger partial charge in [0.05, 0.1) is 12.2 Å². The molecule has 0 fully saturated rings. The van der Waals surface area contributed by atoms with Gasteiger partial charge < -0.3 is 5.32 Å². The van der Waals surface area contributed by atoms with E-state index in [2.05, 4.69) is 24.1 Å². The molecule has 0 aliphatic heterocycles. The number of hydrogen-bond acceptors (Lipinski definition) is 3. The lowest BCUT2D eigenvalue weighted by Crippen LogP contribution is -2.27. The summed E-state index contributed by atoms with van der Waals surface area (Å²) in [6.45, 7) is 4.93. The second-order valence-corrected chi connectivity index (χ2v) is 5.33. The average Bonchev–Trinajstić information content (AvgIpc) is 2.25.